The Labute approximate surface area is 122 Å². The number of imide groups is 1. The summed E-state index contributed by atoms with van der Waals surface area (Å²) in [6, 6.07) is 2.11. The van der Waals surface area contributed by atoms with Gasteiger partial charge < -0.3 is 10.6 Å². The van der Waals surface area contributed by atoms with E-state index in [1.165, 1.54) is 0 Å². The van der Waals surface area contributed by atoms with Crippen molar-refractivity contribution in [1.82, 2.24) is 10.2 Å². The first kappa shape index (κ1) is 14.7. The zero-order valence-corrected chi connectivity index (χ0v) is 11.2. The van der Waals surface area contributed by atoms with E-state index in [0.29, 0.717) is 0 Å². The highest BCUT2D eigenvalue weighted by atomic mass is 35.5. The molecule has 3 amide bonds. The van der Waals surface area contributed by atoms with Crippen LogP contribution in [0.5, 0.6) is 0 Å². The van der Waals surface area contributed by atoms with Gasteiger partial charge in [-0.2, -0.15) is 0 Å². The van der Waals surface area contributed by atoms with Gasteiger partial charge in [-0.05, 0) is 6.07 Å². The Morgan fingerprint density at radius 1 is 1.33 bits per heavy atom. The number of carbonyl (C=O) groups excluding carboxylic acids is 3. The number of anilines is 1. The Hall–Kier alpha value is -2.68. The van der Waals surface area contributed by atoms with Crippen LogP contribution in [0.4, 0.5) is 11.4 Å². The number of benzene rings is 1. The van der Waals surface area contributed by atoms with E-state index in [0.717, 1.165) is 17.0 Å². The fourth-order valence-electron chi connectivity index (χ4n) is 1.84. The fraction of sp³-hybridized carbons (Fsp3) is 0.182. The van der Waals surface area contributed by atoms with Crippen LogP contribution in [-0.4, -0.2) is 40.6 Å². The highest BCUT2D eigenvalue weighted by Gasteiger charge is 2.29. The Bertz CT molecular complexity index is 659. The highest BCUT2D eigenvalue weighted by Crippen LogP contribution is 2.31. The fourth-order valence-corrected chi connectivity index (χ4v) is 2.06. The van der Waals surface area contributed by atoms with E-state index in [9.17, 15) is 24.5 Å². The maximum Gasteiger partial charge on any atom is 0.294 e. The molecule has 0 aromatic heterocycles. The SMILES string of the molecule is Nc1c(Cl)cc(C(=O)N2CC(=O)NC(=O)C2)cc1[N+](=O)[O-]. The zero-order valence-electron chi connectivity index (χ0n) is 10.5. The minimum Gasteiger partial charge on any atom is -0.392 e. The Morgan fingerprint density at radius 2 is 1.90 bits per heavy atom. The summed E-state index contributed by atoms with van der Waals surface area (Å²) in [5.74, 6) is -1.98. The number of hydrogen-bond donors (Lipinski definition) is 2. The van der Waals surface area contributed by atoms with Crippen molar-refractivity contribution < 1.29 is 19.3 Å². The van der Waals surface area contributed by atoms with E-state index in [1.807, 2.05) is 5.32 Å². The van der Waals surface area contributed by atoms with Crippen molar-refractivity contribution in [3.63, 3.8) is 0 Å². The van der Waals surface area contributed by atoms with Crippen LogP contribution in [0.2, 0.25) is 5.02 Å². The molecule has 21 heavy (non-hydrogen) atoms. The lowest BCUT2D eigenvalue weighted by Crippen LogP contribution is -2.53. The third-order valence-electron chi connectivity index (χ3n) is 2.79. The molecule has 0 atom stereocenters. The second-order valence-electron chi connectivity index (χ2n) is 4.28. The molecule has 1 saturated heterocycles. The molecule has 1 fully saturated rings. The van der Waals surface area contributed by atoms with Crippen molar-refractivity contribution in [2.75, 3.05) is 18.8 Å². The number of nitrogens with zero attached hydrogens (tertiary/aromatic N) is 2. The highest BCUT2D eigenvalue weighted by molar-refractivity contribution is 6.34. The molecule has 0 spiro atoms. The number of nitro benzene ring substituents is 1. The average molecular weight is 313 g/mol. The second kappa shape index (κ2) is 5.37. The van der Waals surface area contributed by atoms with E-state index in [4.69, 9.17) is 17.3 Å². The summed E-state index contributed by atoms with van der Waals surface area (Å²) in [7, 11) is 0. The molecular formula is C11H9ClN4O5. The van der Waals surface area contributed by atoms with Crippen LogP contribution >= 0.6 is 11.6 Å². The number of nitrogen functional groups attached to an aromatic ring is 1. The molecule has 10 heteroatoms. The molecule has 1 aromatic carbocycles. The molecule has 1 aliphatic heterocycles. The van der Waals surface area contributed by atoms with Gasteiger partial charge in [-0.3, -0.25) is 29.8 Å². The van der Waals surface area contributed by atoms with E-state index in [1.54, 1.807) is 0 Å². The van der Waals surface area contributed by atoms with Crippen LogP contribution < -0.4 is 11.1 Å². The number of amides is 3. The van der Waals surface area contributed by atoms with Crippen LogP contribution in [0, 0.1) is 10.1 Å². The maximum absolute atomic E-state index is 12.2. The number of hydrogen-bond acceptors (Lipinski definition) is 6. The van der Waals surface area contributed by atoms with Gasteiger partial charge in [0.05, 0.1) is 9.95 Å². The minimum absolute atomic E-state index is 0.122. The van der Waals surface area contributed by atoms with Gasteiger partial charge in [-0.1, -0.05) is 11.6 Å². The summed E-state index contributed by atoms with van der Waals surface area (Å²) in [5, 5.41) is 12.7. The van der Waals surface area contributed by atoms with Crippen LogP contribution in [0.1, 0.15) is 10.4 Å². The first-order valence-corrected chi connectivity index (χ1v) is 6.02. The lowest BCUT2D eigenvalue weighted by Gasteiger charge is -2.25. The molecule has 1 aliphatic rings. The predicted molar refractivity (Wildman–Crippen MR) is 71.6 cm³/mol. The molecule has 0 bridgehead atoms. The Morgan fingerprint density at radius 3 is 2.43 bits per heavy atom. The molecule has 1 heterocycles. The first-order valence-electron chi connectivity index (χ1n) is 5.65. The van der Waals surface area contributed by atoms with Crippen molar-refractivity contribution in [1.29, 1.82) is 0 Å². The lowest BCUT2D eigenvalue weighted by atomic mass is 10.1. The van der Waals surface area contributed by atoms with Gasteiger partial charge in [-0.15, -0.1) is 0 Å². The molecule has 110 valence electrons. The molecule has 9 nitrogen and oxygen atoms in total. The van der Waals surface area contributed by atoms with Crippen LogP contribution in [0.3, 0.4) is 0 Å². The van der Waals surface area contributed by atoms with Gasteiger partial charge in [0.25, 0.3) is 11.6 Å². The number of nitro groups is 1. The number of carbonyl (C=O) groups is 3. The number of rotatable bonds is 2. The van der Waals surface area contributed by atoms with Crippen molar-refractivity contribution in [3.05, 3.63) is 32.8 Å². The van der Waals surface area contributed by atoms with Gasteiger partial charge in [-0.25, -0.2) is 0 Å². The second-order valence-corrected chi connectivity index (χ2v) is 4.69. The van der Waals surface area contributed by atoms with E-state index < -0.39 is 28.3 Å². The molecule has 0 saturated carbocycles. The topological polar surface area (TPSA) is 136 Å². The number of piperazine rings is 1. The molecule has 0 radical (unpaired) electrons. The summed E-state index contributed by atoms with van der Waals surface area (Å²) >= 11 is 5.76. The minimum atomic E-state index is -0.772. The Kier molecular flexibility index (Phi) is 3.76. The predicted octanol–water partition coefficient (Wildman–Crippen LogP) is -0.0710. The van der Waals surface area contributed by atoms with Crippen molar-refractivity contribution in [2.24, 2.45) is 0 Å². The van der Waals surface area contributed by atoms with Gasteiger partial charge >= 0.3 is 0 Å². The van der Waals surface area contributed by atoms with Gasteiger partial charge in [0.15, 0.2) is 0 Å². The van der Waals surface area contributed by atoms with E-state index >= 15 is 0 Å². The molecule has 1 aromatic rings. The summed E-state index contributed by atoms with van der Waals surface area (Å²) in [5.41, 5.74) is 4.56. The quantitative estimate of drug-likeness (QED) is 0.339. The van der Waals surface area contributed by atoms with Crippen molar-refractivity contribution >= 4 is 40.7 Å². The molecule has 0 aliphatic carbocycles. The largest absolute Gasteiger partial charge is 0.392 e. The smallest absolute Gasteiger partial charge is 0.294 e. The monoisotopic (exact) mass is 312 g/mol. The third-order valence-corrected chi connectivity index (χ3v) is 3.10. The normalized spacial score (nSPS) is 14.8. The average Bonchev–Trinajstić information content (AvgIpc) is 2.39. The van der Waals surface area contributed by atoms with E-state index in [-0.39, 0.29) is 29.4 Å². The maximum atomic E-state index is 12.2. The van der Waals surface area contributed by atoms with Gasteiger partial charge in [0.2, 0.25) is 11.8 Å². The summed E-state index contributed by atoms with van der Waals surface area (Å²) in [4.78, 5) is 45.7. The van der Waals surface area contributed by atoms with Gasteiger partial charge in [0.1, 0.15) is 18.8 Å². The van der Waals surface area contributed by atoms with Crippen LogP contribution in [0.25, 0.3) is 0 Å². The third kappa shape index (κ3) is 2.92. The first-order chi connectivity index (χ1) is 9.79. The summed E-state index contributed by atoms with van der Waals surface area (Å²) in [6.45, 7) is -0.638. The molecule has 2 rings (SSSR count). The number of halogens is 1. The molecule has 3 N–H and O–H groups in total. The molecular weight excluding hydrogens is 304 g/mol. The number of nitrogens with two attached hydrogens (primary N) is 1. The summed E-state index contributed by atoms with van der Waals surface area (Å²) < 4.78 is 0. The molecule has 0 unspecified atom stereocenters. The van der Waals surface area contributed by atoms with Crippen LogP contribution in [-0.2, 0) is 9.59 Å². The summed E-state index contributed by atoms with van der Waals surface area (Å²) in [6.07, 6.45) is 0. The number of nitrogens with one attached hydrogen (secondary N) is 1. The van der Waals surface area contributed by atoms with Crippen LogP contribution in [0.15, 0.2) is 12.1 Å². The zero-order chi connectivity index (χ0) is 15.7. The van der Waals surface area contributed by atoms with Crippen molar-refractivity contribution in [2.45, 2.75) is 0 Å². The van der Waals surface area contributed by atoms with E-state index in [2.05, 4.69) is 0 Å². The lowest BCUT2D eigenvalue weighted by molar-refractivity contribution is -0.383. The van der Waals surface area contributed by atoms with Gasteiger partial charge in [0, 0.05) is 11.6 Å². The standard InChI is InChI=1S/C11H9ClN4O5/c12-6-1-5(2-7(10(6)13)16(20)21)11(19)15-3-8(17)14-9(18)4-15/h1-2H,3-4,13H2,(H,14,17,18). The Balaban J connectivity index is 2.37. The van der Waals surface area contributed by atoms with Crippen molar-refractivity contribution in [3.8, 4) is 0 Å².